The van der Waals surface area contributed by atoms with Crippen LogP contribution in [0.4, 0.5) is 0 Å². The number of hydrogen-bond acceptors (Lipinski definition) is 3. The van der Waals surface area contributed by atoms with Gasteiger partial charge in [-0.15, -0.1) is 12.4 Å². The van der Waals surface area contributed by atoms with Crippen LogP contribution < -0.4 is 10.1 Å². The van der Waals surface area contributed by atoms with Gasteiger partial charge in [0.05, 0.1) is 16.7 Å². The van der Waals surface area contributed by atoms with Crippen LogP contribution in [0.25, 0.3) is 0 Å². The van der Waals surface area contributed by atoms with E-state index in [4.69, 9.17) is 32.7 Å². The maximum atomic E-state index is 5.94. The summed E-state index contributed by atoms with van der Waals surface area (Å²) in [7, 11) is 1.67. The van der Waals surface area contributed by atoms with Crippen LogP contribution in [0.5, 0.6) is 5.75 Å². The highest BCUT2D eigenvalue weighted by molar-refractivity contribution is 6.37. The molecule has 0 radical (unpaired) electrons. The zero-order chi connectivity index (χ0) is 11.8. The lowest BCUT2D eigenvalue weighted by atomic mass is 10.3. The smallest absolute Gasteiger partial charge is 0.156 e. The van der Waals surface area contributed by atoms with E-state index in [1.165, 1.54) is 0 Å². The maximum Gasteiger partial charge on any atom is 0.156 e. The van der Waals surface area contributed by atoms with Crippen LogP contribution in [0, 0.1) is 0 Å². The summed E-state index contributed by atoms with van der Waals surface area (Å²) in [5.74, 6) is 0.541. The average molecular weight is 301 g/mol. The molecule has 0 spiro atoms. The van der Waals surface area contributed by atoms with Gasteiger partial charge in [0.2, 0.25) is 0 Å². The van der Waals surface area contributed by atoms with Gasteiger partial charge in [-0.1, -0.05) is 29.3 Å². The molecule has 0 aliphatic heterocycles. The van der Waals surface area contributed by atoms with Crippen molar-refractivity contribution in [1.29, 1.82) is 0 Å². The van der Waals surface area contributed by atoms with Crippen LogP contribution in [-0.4, -0.2) is 33.4 Å². The number of ether oxygens (including phenoxy) is 2. The van der Waals surface area contributed by atoms with Crippen molar-refractivity contribution in [3.63, 3.8) is 0 Å². The number of nitrogens with one attached hydrogen (secondary N) is 1. The summed E-state index contributed by atoms with van der Waals surface area (Å²) in [6, 6.07) is 5.29. The lowest BCUT2D eigenvalue weighted by molar-refractivity contribution is 0.197. The third-order valence-corrected chi connectivity index (χ3v) is 2.52. The third kappa shape index (κ3) is 6.34. The van der Waals surface area contributed by atoms with Crippen molar-refractivity contribution in [3.05, 3.63) is 28.2 Å². The number of methoxy groups -OCH3 is 1. The van der Waals surface area contributed by atoms with Crippen molar-refractivity contribution in [3.8, 4) is 5.75 Å². The van der Waals surface area contributed by atoms with Crippen LogP contribution in [0.2, 0.25) is 10.0 Å². The molecule has 0 fully saturated rings. The van der Waals surface area contributed by atoms with E-state index < -0.39 is 0 Å². The van der Waals surface area contributed by atoms with E-state index in [9.17, 15) is 0 Å². The molecule has 0 saturated carbocycles. The first-order valence-corrected chi connectivity index (χ1v) is 5.77. The monoisotopic (exact) mass is 299 g/mol. The van der Waals surface area contributed by atoms with Gasteiger partial charge in [0.25, 0.3) is 0 Å². The van der Waals surface area contributed by atoms with Crippen LogP contribution in [0.15, 0.2) is 18.2 Å². The molecule has 6 heteroatoms. The van der Waals surface area contributed by atoms with Gasteiger partial charge in [-0.05, 0) is 12.1 Å². The molecule has 0 amide bonds. The first-order chi connectivity index (χ1) is 7.75. The second-order valence-electron chi connectivity index (χ2n) is 3.14. The Bertz CT molecular complexity index is 303. The molecule has 1 aromatic rings. The molecule has 1 aromatic carbocycles. The lowest BCUT2D eigenvalue weighted by Crippen LogP contribution is -2.24. The predicted molar refractivity (Wildman–Crippen MR) is 74.0 cm³/mol. The van der Waals surface area contributed by atoms with E-state index in [0.29, 0.717) is 29.0 Å². The number of rotatable bonds is 7. The Morgan fingerprint density at radius 2 is 1.71 bits per heavy atom. The van der Waals surface area contributed by atoms with Gasteiger partial charge in [-0.3, -0.25) is 0 Å². The molecule has 0 atom stereocenters. The van der Waals surface area contributed by atoms with Gasteiger partial charge in [-0.25, -0.2) is 0 Å². The topological polar surface area (TPSA) is 30.5 Å². The molecule has 0 unspecified atom stereocenters. The van der Waals surface area contributed by atoms with Gasteiger partial charge in [-0.2, -0.15) is 0 Å². The Hall–Kier alpha value is -0.190. The Balaban J connectivity index is 0.00000256. The summed E-state index contributed by atoms with van der Waals surface area (Å²) in [6.07, 6.45) is 0. The molecule has 0 heterocycles. The standard InChI is InChI=1S/C11H15Cl2NO2.ClH/c1-15-7-5-14-6-8-16-11-9(12)3-2-4-10(11)13;/h2-4,14H,5-8H2,1H3;1H. The zero-order valence-electron chi connectivity index (χ0n) is 9.54. The molecule has 17 heavy (non-hydrogen) atoms. The lowest BCUT2D eigenvalue weighted by Gasteiger charge is -2.10. The third-order valence-electron chi connectivity index (χ3n) is 1.93. The van der Waals surface area contributed by atoms with E-state index >= 15 is 0 Å². The Kier molecular flexibility index (Phi) is 9.69. The molecule has 0 aliphatic rings. The minimum atomic E-state index is 0. The van der Waals surface area contributed by atoms with Crippen molar-refractivity contribution in [2.75, 3.05) is 33.4 Å². The fourth-order valence-corrected chi connectivity index (χ4v) is 1.65. The van der Waals surface area contributed by atoms with Gasteiger partial charge in [0.15, 0.2) is 5.75 Å². The van der Waals surface area contributed by atoms with Crippen molar-refractivity contribution in [1.82, 2.24) is 5.32 Å². The van der Waals surface area contributed by atoms with Crippen molar-refractivity contribution in [2.45, 2.75) is 0 Å². The molecular formula is C11H16Cl3NO2. The summed E-state index contributed by atoms with van der Waals surface area (Å²) in [4.78, 5) is 0. The normalized spacial score (nSPS) is 9.82. The second kappa shape index (κ2) is 9.80. The van der Waals surface area contributed by atoms with Crippen LogP contribution in [-0.2, 0) is 4.74 Å². The first-order valence-electron chi connectivity index (χ1n) is 5.02. The summed E-state index contributed by atoms with van der Waals surface area (Å²) < 4.78 is 10.4. The fourth-order valence-electron chi connectivity index (χ4n) is 1.14. The van der Waals surface area contributed by atoms with Crippen molar-refractivity contribution >= 4 is 35.6 Å². The molecule has 98 valence electrons. The van der Waals surface area contributed by atoms with Crippen LogP contribution in [0.1, 0.15) is 0 Å². The molecule has 1 rings (SSSR count). The van der Waals surface area contributed by atoms with Crippen LogP contribution in [0.3, 0.4) is 0 Å². The van der Waals surface area contributed by atoms with E-state index in [0.717, 1.165) is 13.1 Å². The van der Waals surface area contributed by atoms with Crippen LogP contribution >= 0.6 is 35.6 Å². The molecule has 0 aliphatic carbocycles. The first kappa shape index (κ1) is 16.8. The SMILES string of the molecule is COCCNCCOc1c(Cl)cccc1Cl.Cl. The van der Waals surface area contributed by atoms with Gasteiger partial charge < -0.3 is 14.8 Å². The molecule has 0 saturated heterocycles. The van der Waals surface area contributed by atoms with Crippen molar-refractivity contribution < 1.29 is 9.47 Å². The molecule has 3 nitrogen and oxygen atoms in total. The predicted octanol–water partition coefficient (Wildman–Crippen LogP) is 3.03. The van der Waals surface area contributed by atoms with Gasteiger partial charge in [0.1, 0.15) is 6.61 Å². The van der Waals surface area contributed by atoms with E-state index in [1.807, 2.05) is 0 Å². The minimum Gasteiger partial charge on any atom is -0.489 e. The Labute approximate surface area is 118 Å². The molecule has 0 bridgehead atoms. The Morgan fingerprint density at radius 1 is 1.12 bits per heavy atom. The number of hydrogen-bond donors (Lipinski definition) is 1. The minimum absolute atomic E-state index is 0. The highest BCUT2D eigenvalue weighted by Crippen LogP contribution is 2.31. The van der Waals surface area contributed by atoms with Crippen molar-refractivity contribution in [2.24, 2.45) is 0 Å². The number of halogens is 3. The summed E-state index contributed by atoms with van der Waals surface area (Å²) in [6.45, 7) is 2.74. The fraction of sp³-hybridized carbons (Fsp3) is 0.455. The zero-order valence-corrected chi connectivity index (χ0v) is 11.9. The van der Waals surface area contributed by atoms with E-state index in [-0.39, 0.29) is 12.4 Å². The maximum absolute atomic E-state index is 5.94. The highest BCUT2D eigenvalue weighted by atomic mass is 35.5. The number of para-hydroxylation sites is 1. The van der Waals surface area contributed by atoms with Gasteiger partial charge in [0, 0.05) is 20.2 Å². The summed E-state index contributed by atoms with van der Waals surface area (Å²) in [5.41, 5.74) is 0. The Morgan fingerprint density at radius 3 is 2.29 bits per heavy atom. The summed E-state index contributed by atoms with van der Waals surface area (Å²) >= 11 is 11.9. The van der Waals surface area contributed by atoms with Gasteiger partial charge >= 0.3 is 0 Å². The molecule has 1 N–H and O–H groups in total. The highest BCUT2D eigenvalue weighted by Gasteiger charge is 2.05. The molecular weight excluding hydrogens is 284 g/mol. The second-order valence-corrected chi connectivity index (χ2v) is 3.96. The molecule has 0 aromatic heterocycles. The summed E-state index contributed by atoms with van der Waals surface area (Å²) in [5, 5.41) is 4.22. The number of benzene rings is 1. The van der Waals surface area contributed by atoms with E-state index in [2.05, 4.69) is 5.32 Å². The quantitative estimate of drug-likeness (QED) is 0.785. The largest absolute Gasteiger partial charge is 0.489 e. The van der Waals surface area contributed by atoms with E-state index in [1.54, 1.807) is 25.3 Å². The average Bonchev–Trinajstić information content (AvgIpc) is 2.26.